The summed E-state index contributed by atoms with van der Waals surface area (Å²) in [7, 11) is 0. The lowest BCUT2D eigenvalue weighted by Gasteiger charge is -2.10. The number of carbonyl (C=O) groups is 1. The van der Waals surface area contributed by atoms with E-state index in [9.17, 15) is 9.18 Å². The van der Waals surface area contributed by atoms with Crippen molar-refractivity contribution in [3.8, 4) is 0 Å². The third-order valence-electron chi connectivity index (χ3n) is 3.97. The Balaban J connectivity index is 1.64. The maximum Gasteiger partial charge on any atom is 0.268 e. The highest BCUT2D eigenvalue weighted by Gasteiger charge is 2.17. The quantitative estimate of drug-likeness (QED) is 0.577. The molecular weight excluding hydrogens is 339 g/mol. The first-order chi connectivity index (χ1) is 12.2. The largest absolute Gasteiger partial charge is 0.467 e. The minimum atomic E-state index is -0.282. The maximum absolute atomic E-state index is 13.5. The zero-order valence-electron chi connectivity index (χ0n) is 13.2. The number of carbonyl (C=O) groups excluding carboxylic acids is 1. The molecule has 0 radical (unpaired) electrons. The molecule has 25 heavy (non-hydrogen) atoms. The number of amides is 1. The summed E-state index contributed by atoms with van der Waals surface area (Å²) in [6.45, 7) is 0.760. The summed E-state index contributed by atoms with van der Waals surface area (Å²) in [4.78, 5) is 13.6. The van der Waals surface area contributed by atoms with Crippen LogP contribution in [0.3, 0.4) is 0 Å². The zero-order chi connectivity index (χ0) is 17.2. The lowest BCUT2D eigenvalue weighted by Crippen LogP contribution is -2.25. The molecule has 1 aromatic carbocycles. The van der Waals surface area contributed by atoms with Gasteiger partial charge < -0.3 is 14.3 Å². The van der Waals surface area contributed by atoms with E-state index in [0.717, 1.165) is 15.8 Å². The summed E-state index contributed by atoms with van der Waals surface area (Å²) in [6, 6.07) is 13.9. The van der Waals surface area contributed by atoms with Gasteiger partial charge >= 0.3 is 0 Å². The smallest absolute Gasteiger partial charge is 0.268 e. The Hall–Kier alpha value is -2.86. The van der Waals surface area contributed by atoms with Crippen molar-refractivity contribution < 1.29 is 13.6 Å². The molecular formula is C19H15FN2O2S. The van der Waals surface area contributed by atoms with Crippen molar-refractivity contribution in [3.05, 3.63) is 83.0 Å². The molecule has 126 valence electrons. The fourth-order valence-electron chi connectivity index (χ4n) is 2.81. The minimum Gasteiger partial charge on any atom is -0.467 e. The van der Waals surface area contributed by atoms with E-state index in [0.29, 0.717) is 24.5 Å². The van der Waals surface area contributed by atoms with Gasteiger partial charge in [0.2, 0.25) is 0 Å². The summed E-state index contributed by atoms with van der Waals surface area (Å²) in [6.07, 6.45) is 1.57. The van der Waals surface area contributed by atoms with E-state index in [2.05, 4.69) is 5.32 Å². The first-order valence-corrected chi connectivity index (χ1v) is 8.70. The molecule has 0 fully saturated rings. The monoisotopic (exact) mass is 354 g/mol. The standard InChI is InChI=1S/C19H15FN2O2S/c20-15-4-1-3-13(9-15)12-22-17(10-14-6-8-25-19(14)22)18(23)21-11-16-5-2-7-24-16/h1-10H,11-12H2,(H,21,23). The van der Waals surface area contributed by atoms with Crippen LogP contribution in [0.1, 0.15) is 21.8 Å². The highest BCUT2D eigenvalue weighted by molar-refractivity contribution is 7.16. The Kier molecular flexibility index (Phi) is 4.11. The van der Waals surface area contributed by atoms with Crippen LogP contribution < -0.4 is 5.32 Å². The highest BCUT2D eigenvalue weighted by atomic mass is 32.1. The predicted octanol–water partition coefficient (Wildman–Crippen LogP) is 4.41. The van der Waals surface area contributed by atoms with Gasteiger partial charge in [-0.15, -0.1) is 11.3 Å². The van der Waals surface area contributed by atoms with E-state index < -0.39 is 0 Å². The van der Waals surface area contributed by atoms with Crippen LogP contribution in [0.4, 0.5) is 4.39 Å². The van der Waals surface area contributed by atoms with Gasteiger partial charge in [0.25, 0.3) is 5.91 Å². The Morgan fingerprint density at radius 3 is 2.92 bits per heavy atom. The van der Waals surface area contributed by atoms with E-state index in [4.69, 9.17) is 4.42 Å². The molecule has 4 aromatic rings. The maximum atomic E-state index is 13.5. The van der Waals surface area contributed by atoms with Crippen LogP contribution in [-0.2, 0) is 13.1 Å². The number of aromatic nitrogens is 1. The Morgan fingerprint density at radius 2 is 2.12 bits per heavy atom. The molecule has 4 nitrogen and oxygen atoms in total. The first kappa shape index (κ1) is 15.7. The molecule has 0 unspecified atom stereocenters. The minimum absolute atomic E-state index is 0.184. The fourth-order valence-corrected chi connectivity index (χ4v) is 3.71. The van der Waals surface area contributed by atoms with Gasteiger partial charge in [0.1, 0.15) is 22.1 Å². The average molecular weight is 354 g/mol. The van der Waals surface area contributed by atoms with Crippen molar-refractivity contribution in [2.75, 3.05) is 0 Å². The number of rotatable bonds is 5. The second-order valence-corrected chi connectivity index (χ2v) is 6.58. The molecule has 0 saturated carbocycles. The molecule has 0 aliphatic carbocycles. The lowest BCUT2D eigenvalue weighted by molar-refractivity contribution is 0.0939. The molecule has 0 saturated heterocycles. The lowest BCUT2D eigenvalue weighted by atomic mass is 10.2. The van der Waals surface area contributed by atoms with Crippen molar-refractivity contribution in [1.82, 2.24) is 9.88 Å². The van der Waals surface area contributed by atoms with Crippen LogP contribution in [0.2, 0.25) is 0 Å². The summed E-state index contributed by atoms with van der Waals surface area (Å²) in [5, 5.41) is 5.85. The van der Waals surface area contributed by atoms with Crippen molar-refractivity contribution in [1.29, 1.82) is 0 Å². The number of halogens is 1. The van der Waals surface area contributed by atoms with Gasteiger partial charge in [-0.3, -0.25) is 4.79 Å². The van der Waals surface area contributed by atoms with E-state index in [-0.39, 0.29) is 11.7 Å². The Labute approximate surface area is 147 Å². The third-order valence-corrected chi connectivity index (χ3v) is 4.92. The van der Waals surface area contributed by atoms with E-state index in [1.807, 2.05) is 34.2 Å². The van der Waals surface area contributed by atoms with Gasteiger partial charge in [0.15, 0.2) is 0 Å². The highest BCUT2D eigenvalue weighted by Crippen LogP contribution is 2.26. The van der Waals surface area contributed by atoms with Gasteiger partial charge in [-0.25, -0.2) is 4.39 Å². The van der Waals surface area contributed by atoms with Gasteiger partial charge in [0.05, 0.1) is 12.8 Å². The number of benzene rings is 1. The van der Waals surface area contributed by atoms with Crippen molar-refractivity contribution in [2.24, 2.45) is 0 Å². The second kappa shape index (κ2) is 6.57. The van der Waals surface area contributed by atoms with Crippen molar-refractivity contribution in [2.45, 2.75) is 13.1 Å². The van der Waals surface area contributed by atoms with Gasteiger partial charge in [-0.05, 0) is 47.3 Å². The van der Waals surface area contributed by atoms with Gasteiger partial charge in [0, 0.05) is 11.9 Å². The second-order valence-electron chi connectivity index (χ2n) is 5.69. The van der Waals surface area contributed by atoms with Gasteiger partial charge in [-0.1, -0.05) is 12.1 Å². The Bertz CT molecular complexity index is 1020. The van der Waals surface area contributed by atoms with E-state index in [1.165, 1.54) is 12.1 Å². The topological polar surface area (TPSA) is 47.2 Å². The molecule has 0 atom stereocenters. The molecule has 0 spiro atoms. The third kappa shape index (κ3) is 3.21. The molecule has 1 amide bonds. The average Bonchev–Trinajstić information content (AvgIpc) is 3.31. The summed E-state index contributed by atoms with van der Waals surface area (Å²) in [5.41, 5.74) is 1.36. The van der Waals surface area contributed by atoms with Crippen LogP contribution in [0.15, 0.2) is 64.6 Å². The molecule has 4 rings (SSSR count). The summed E-state index contributed by atoms with van der Waals surface area (Å²) >= 11 is 1.56. The SMILES string of the molecule is O=C(NCc1ccco1)c1cc2ccsc2n1Cc1cccc(F)c1. The van der Waals surface area contributed by atoms with Crippen LogP contribution in [-0.4, -0.2) is 10.5 Å². The molecule has 1 N–H and O–H groups in total. The molecule has 6 heteroatoms. The van der Waals surface area contributed by atoms with E-state index >= 15 is 0 Å². The number of nitrogens with one attached hydrogen (secondary N) is 1. The number of hydrogen-bond donors (Lipinski definition) is 1. The van der Waals surface area contributed by atoms with Crippen molar-refractivity contribution >= 4 is 27.5 Å². The zero-order valence-corrected chi connectivity index (χ0v) is 14.1. The molecule has 0 bridgehead atoms. The molecule has 3 heterocycles. The number of hydrogen-bond acceptors (Lipinski definition) is 3. The van der Waals surface area contributed by atoms with Crippen LogP contribution in [0, 0.1) is 5.82 Å². The summed E-state index contributed by atoms with van der Waals surface area (Å²) in [5.74, 6) is 0.227. The fraction of sp³-hybridized carbons (Fsp3) is 0.105. The van der Waals surface area contributed by atoms with E-state index in [1.54, 1.807) is 29.7 Å². The number of fused-ring (bicyclic) bond motifs is 1. The van der Waals surface area contributed by atoms with Crippen LogP contribution >= 0.6 is 11.3 Å². The Morgan fingerprint density at radius 1 is 1.20 bits per heavy atom. The molecule has 0 aliphatic heterocycles. The van der Waals surface area contributed by atoms with Crippen LogP contribution in [0.5, 0.6) is 0 Å². The van der Waals surface area contributed by atoms with Crippen LogP contribution in [0.25, 0.3) is 10.2 Å². The van der Waals surface area contributed by atoms with Crippen molar-refractivity contribution in [3.63, 3.8) is 0 Å². The van der Waals surface area contributed by atoms with Gasteiger partial charge in [-0.2, -0.15) is 0 Å². The number of nitrogens with zero attached hydrogens (tertiary/aromatic N) is 1. The molecule has 0 aliphatic rings. The number of furan rings is 1. The molecule has 3 aromatic heterocycles. The number of thiophene rings is 1. The normalized spacial score (nSPS) is 11.1. The predicted molar refractivity (Wildman–Crippen MR) is 95.2 cm³/mol. The summed E-state index contributed by atoms with van der Waals surface area (Å²) < 4.78 is 20.7. The first-order valence-electron chi connectivity index (χ1n) is 7.82.